The molecule has 2 aromatic rings. The minimum absolute atomic E-state index is 0.225. The number of halogens is 3. The smallest absolute Gasteiger partial charge is 0.185 e. The highest BCUT2D eigenvalue weighted by Gasteiger charge is 2.02. The van der Waals surface area contributed by atoms with Crippen LogP contribution < -0.4 is 0 Å². The number of hydrogen-bond donors (Lipinski definition) is 0. The summed E-state index contributed by atoms with van der Waals surface area (Å²) < 4.78 is 26.8. The Hall–Kier alpha value is -1.81. The molecule has 19 heavy (non-hydrogen) atoms. The molecule has 96 valence electrons. The molecule has 0 aliphatic heterocycles. The Labute approximate surface area is 117 Å². The van der Waals surface area contributed by atoms with Gasteiger partial charge in [-0.1, -0.05) is 22.0 Å². The normalized spacial score (nSPS) is 10.9. The molecular weight excluding hydrogens is 314 g/mol. The molecule has 2 aromatic carbocycles. The van der Waals surface area contributed by atoms with Crippen molar-refractivity contribution in [3.8, 4) is 0 Å². The Morgan fingerprint density at radius 1 is 1.00 bits per heavy atom. The zero-order valence-corrected chi connectivity index (χ0v) is 11.3. The first-order chi connectivity index (χ1) is 9.04. The number of benzene rings is 2. The van der Waals surface area contributed by atoms with E-state index in [4.69, 9.17) is 0 Å². The molecule has 0 fully saturated rings. The minimum Gasteiger partial charge on any atom is -0.289 e. The zero-order valence-electron chi connectivity index (χ0n) is 9.74. The summed E-state index contributed by atoms with van der Waals surface area (Å²) in [6.07, 6.45) is 2.67. The predicted molar refractivity (Wildman–Crippen MR) is 73.9 cm³/mol. The van der Waals surface area contributed by atoms with Crippen molar-refractivity contribution in [1.82, 2.24) is 0 Å². The van der Waals surface area contributed by atoms with Crippen molar-refractivity contribution in [3.05, 3.63) is 75.8 Å². The molecule has 0 saturated heterocycles. The molecule has 0 aliphatic carbocycles. The van der Waals surface area contributed by atoms with E-state index in [1.165, 1.54) is 12.2 Å². The number of rotatable bonds is 3. The van der Waals surface area contributed by atoms with Gasteiger partial charge in [0.1, 0.15) is 11.6 Å². The van der Waals surface area contributed by atoms with Gasteiger partial charge in [-0.25, -0.2) is 8.78 Å². The van der Waals surface area contributed by atoms with Crippen LogP contribution in [0.4, 0.5) is 8.78 Å². The van der Waals surface area contributed by atoms with Crippen LogP contribution in [0.1, 0.15) is 15.9 Å². The third-order valence-electron chi connectivity index (χ3n) is 2.44. The Kier molecular flexibility index (Phi) is 4.22. The first-order valence-corrected chi connectivity index (χ1v) is 6.28. The average Bonchev–Trinajstić information content (AvgIpc) is 2.36. The second kappa shape index (κ2) is 5.89. The first-order valence-electron chi connectivity index (χ1n) is 5.49. The standard InChI is InChI=1S/C15H9BrF2O/c16-12-4-2-11(3-5-12)15(19)6-1-10-7-13(17)9-14(18)8-10/h1-9H/b6-1+. The Balaban J connectivity index is 2.18. The Bertz CT molecular complexity index is 613. The second-order valence-corrected chi connectivity index (χ2v) is 4.82. The van der Waals surface area contributed by atoms with Gasteiger partial charge in [-0.3, -0.25) is 4.79 Å². The summed E-state index contributed by atoms with van der Waals surface area (Å²) in [4.78, 5) is 11.8. The van der Waals surface area contributed by atoms with Crippen molar-refractivity contribution in [2.24, 2.45) is 0 Å². The highest BCUT2D eigenvalue weighted by Crippen LogP contribution is 2.13. The van der Waals surface area contributed by atoms with Gasteiger partial charge in [-0.15, -0.1) is 0 Å². The third kappa shape index (κ3) is 3.83. The quantitative estimate of drug-likeness (QED) is 0.595. The van der Waals surface area contributed by atoms with Crippen molar-refractivity contribution in [2.75, 3.05) is 0 Å². The largest absolute Gasteiger partial charge is 0.289 e. The highest BCUT2D eigenvalue weighted by molar-refractivity contribution is 9.10. The molecule has 2 rings (SSSR count). The van der Waals surface area contributed by atoms with E-state index < -0.39 is 11.6 Å². The monoisotopic (exact) mass is 322 g/mol. The topological polar surface area (TPSA) is 17.1 Å². The summed E-state index contributed by atoms with van der Waals surface area (Å²) in [5, 5.41) is 0. The molecule has 0 bridgehead atoms. The maximum atomic E-state index is 13.0. The molecule has 0 spiro atoms. The second-order valence-electron chi connectivity index (χ2n) is 3.91. The van der Waals surface area contributed by atoms with Crippen LogP contribution in [0.3, 0.4) is 0 Å². The first kappa shape index (κ1) is 13.6. The molecule has 0 N–H and O–H groups in total. The fraction of sp³-hybridized carbons (Fsp3) is 0. The van der Waals surface area contributed by atoms with Gasteiger partial charge in [0.25, 0.3) is 0 Å². The number of ketones is 1. The molecule has 0 aromatic heterocycles. The molecule has 0 saturated carbocycles. The van der Waals surface area contributed by atoms with Gasteiger partial charge in [0.2, 0.25) is 0 Å². The van der Waals surface area contributed by atoms with Gasteiger partial charge in [-0.05, 0) is 48.0 Å². The van der Waals surface area contributed by atoms with Crippen molar-refractivity contribution in [1.29, 1.82) is 0 Å². The van der Waals surface area contributed by atoms with Gasteiger partial charge in [-0.2, -0.15) is 0 Å². The molecular formula is C15H9BrF2O. The van der Waals surface area contributed by atoms with Crippen molar-refractivity contribution in [3.63, 3.8) is 0 Å². The van der Waals surface area contributed by atoms with E-state index in [-0.39, 0.29) is 5.78 Å². The minimum atomic E-state index is -0.671. The van der Waals surface area contributed by atoms with Crippen LogP contribution >= 0.6 is 15.9 Å². The van der Waals surface area contributed by atoms with Gasteiger partial charge < -0.3 is 0 Å². The average molecular weight is 323 g/mol. The zero-order chi connectivity index (χ0) is 13.8. The van der Waals surface area contributed by atoms with Gasteiger partial charge in [0.15, 0.2) is 5.78 Å². The number of hydrogen-bond acceptors (Lipinski definition) is 1. The van der Waals surface area contributed by atoms with Crippen LogP contribution in [-0.2, 0) is 0 Å². The predicted octanol–water partition coefficient (Wildman–Crippen LogP) is 4.62. The van der Waals surface area contributed by atoms with Gasteiger partial charge in [0, 0.05) is 16.1 Å². The van der Waals surface area contributed by atoms with E-state index in [0.29, 0.717) is 11.1 Å². The molecule has 4 heteroatoms. The maximum absolute atomic E-state index is 13.0. The molecule has 0 radical (unpaired) electrons. The Morgan fingerprint density at radius 3 is 2.16 bits per heavy atom. The molecule has 0 unspecified atom stereocenters. The lowest BCUT2D eigenvalue weighted by atomic mass is 10.1. The summed E-state index contributed by atoms with van der Waals surface area (Å²) in [5.74, 6) is -1.57. The fourth-order valence-corrected chi connectivity index (χ4v) is 1.82. The van der Waals surface area contributed by atoms with Crippen LogP contribution in [-0.4, -0.2) is 5.78 Å². The summed E-state index contributed by atoms with van der Waals surface area (Å²) in [6, 6.07) is 9.95. The van der Waals surface area contributed by atoms with E-state index in [0.717, 1.165) is 22.7 Å². The number of allylic oxidation sites excluding steroid dienone is 1. The molecule has 0 aliphatic rings. The van der Waals surface area contributed by atoms with Crippen molar-refractivity contribution < 1.29 is 13.6 Å². The van der Waals surface area contributed by atoms with Gasteiger partial charge >= 0.3 is 0 Å². The number of carbonyl (C=O) groups is 1. The lowest BCUT2D eigenvalue weighted by Crippen LogP contribution is -1.93. The van der Waals surface area contributed by atoms with Crippen LogP contribution in [0.15, 0.2) is 53.0 Å². The molecule has 0 atom stereocenters. The van der Waals surface area contributed by atoms with Crippen LogP contribution in [0.2, 0.25) is 0 Å². The van der Waals surface area contributed by atoms with Crippen molar-refractivity contribution in [2.45, 2.75) is 0 Å². The van der Waals surface area contributed by atoms with E-state index in [1.54, 1.807) is 24.3 Å². The summed E-state index contributed by atoms with van der Waals surface area (Å²) in [6.45, 7) is 0. The summed E-state index contributed by atoms with van der Waals surface area (Å²) in [5.41, 5.74) is 0.819. The van der Waals surface area contributed by atoms with E-state index in [9.17, 15) is 13.6 Å². The molecule has 0 heterocycles. The van der Waals surface area contributed by atoms with Crippen LogP contribution in [0, 0.1) is 11.6 Å². The summed E-state index contributed by atoms with van der Waals surface area (Å²) >= 11 is 3.27. The summed E-state index contributed by atoms with van der Waals surface area (Å²) in [7, 11) is 0. The van der Waals surface area contributed by atoms with Gasteiger partial charge in [0.05, 0.1) is 0 Å². The maximum Gasteiger partial charge on any atom is 0.185 e. The fourth-order valence-electron chi connectivity index (χ4n) is 1.55. The van der Waals surface area contributed by atoms with E-state index in [1.807, 2.05) is 0 Å². The van der Waals surface area contributed by atoms with Crippen LogP contribution in [0.5, 0.6) is 0 Å². The lowest BCUT2D eigenvalue weighted by Gasteiger charge is -1.97. The highest BCUT2D eigenvalue weighted by atomic mass is 79.9. The lowest BCUT2D eigenvalue weighted by molar-refractivity contribution is 0.104. The molecule has 0 amide bonds. The van der Waals surface area contributed by atoms with E-state index in [2.05, 4.69) is 15.9 Å². The van der Waals surface area contributed by atoms with Crippen LogP contribution in [0.25, 0.3) is 6.08 Å². The SMILES string of the molecule is O=C(/C=C/c1cc(F)cc(F)c1)c1ccc(Br)cc1. The Morgan fingerprint density at radius 2 is 1.58 bits per heavy atom. The van der Waals surface area contributed by atoms with E-state index >= 15 is 0 Å². The van der Waals surface area contributed by atoms with Crippen molar-refractivity contribution >= 4 is 27.8 Å². The number of carbonyl (C=O) groups excluding carboxylic acids is 1. The molecule has 1 nitrogen and oxygen atoms in total. The third-order valence-corrected chi connectivity index (χ3v) is 2.97.